The van der Waals surface area contributed by atoms with Gasteiger partial charge in [-0.25, -0.2) is 4.79 Å². The van der Waals surface area contributed by atoms with Gasteiger partial charge in [0.2, 0.25) is 5.78 Å². The molecule has 0 radical (unpaired) electrons. The van der Waals surface area contributed by atoms with Crippen molar-refractivity contribution in [3.8, 4) is 5.69 Å². The van der Waals surface area contributed by atoms with E-state index >= 15 is 0 Å². The first-order chi connectivity index (χ1) is 14.2. The standard InChI is InChI=1S/C25H19NO3/c27-24(19-10-3-1-4-11-19)23-16-9-17-26(23)22-15-8-7-14-21(22)18-29-25(28)20-12-5-2-6-13-20/h1-17H,18H2. The quantitative estimate of drug-likeness (QED) is 0.346. The molecule has 1 heterocycles. The van der Waals surface area contributed by atoms with Crippen LogP contribution in [0.1, 0.15) is 32.0 Å². The molecule has 0 aliphatic heterocycles. The maximum absolute atomic E-state index is 13.0. The Bertz CT molecular complexity index is 1130. The summed E-state index contributed by atoms with van der Waals surface area (Å²) in [5.41, 5.74) is 3.30. The molecule has 0 unspecified atom stereocenters. The molecule has 142 valence electrons. The van der Waals surface area contributed by atoms with Crippen LogP contribution in [0.5, 0.6) is 0 Å². The fraction of sp³-hybridized carbons (Fsp3) is 0.0400. The lowest BCUT2D eigenvalue weighted by Crippen LogP contribution is -2.11. The van der Waals surface area contributed by atoms with E-state index in [4.69, 9.17) is 4.74 Å². The number of carbonyl (C=O) groups is 2. The van der Waals surface area contributed by atoms with Gasteiger partial charge in [0.05, 0.1) is 16.9 Å². The highest BCUT2D eigenvalue weighted by Crippen LogP contribution is 2.21. The third-order valence-corrected chi connectivity index (χ3v) is 4.64. The summed E-state index contributed by atoms with van der Waals surface area (Å²) in [6.45, 7) is 0.112. The topological polar surface area (TPSA) is 48.3 Å². The number of benzene rings is 3. The average Bonchev–Trinajstić information content (AvgIpc) is 3.28. The largest absolute Gasteiger partial charge is 0.457 e. The second-order valence-electron chi connectivity index (χ2n) is 6.53. The van der Waals surface area contributed by atoms with E-state index in [2.05, 4.69) is 0 Å². The van der Waals surface area contributed by atoms with Gasteiger partial charge >= 0.3 is 5.97 Å². The molecule has 0 amide bonds. The lowest BCUT2D eigenvalue weighted by molar-refractivity contribution is 0.0472. The van der Waals surface area contributed by atoms with Crippen LogP contribution in [0.4, 0.5) is 0 Å². The zero-order valence-electron chi connectivity index (χ0n) is 15.7. The van der Waals surface area contributed by atoms with E-state index in [1.54, 1.807) is 42.5 Å². The first-order valence-electron chi connectivity index (χ1n) is 9.31. The van der Waals surface area contributed by atoms with Crippen molar-refractivity contribution in [1.82, 2.24) is 4.57 Å². The molecule has 0 N–H and O–H groups in total. The van der Waals surface area contributed by atoms with Crippen LogP contribution in [0.25, 0.3) is 5.69 Å². The molecule has 0 saturated heterocycles. The molecular formula is C25H19NO3. The summed E-state index contributed by atoms with van der Waals surface area (Å²) in [6.07, 6.45) is 1.84. The molecule has 4 nitrogen and oxygen atoms in total. The van der Waals surface area contributed by atoms with E-state index in [0.29, 0.717) is 16.8 Å². The minimum absolute atomic E-state index is 0.0633. The number of esters is 1. The monoisotopic (exact) mass is 381 g/mol. The second-order valence-corrected chi connectivity index (χ2v) is 6.53. The Kier molecular flexibility index (Phi) is 5.34. The van der Waals surface area contributed by atoms with Crippen LogP contribution in [-0.4, -0.2) is 16.3 Å². The Labute approximate surface area is 169 Å². The molecule has 0 bridgehead atoms. The van der Waals surface area contributed by atoms with Gasteiger partial charge in [-0.2, -0.15) is 0 Å². The number of hydrogen-bond acceptors (Lipinski definition) is 3. The molecule has 1 aromatic heterocycles. The third-order valence-electron chi connectivity index (χ3n) is 4.64. The third kappa shape index (κ3) is 4.01. The van der Waals surface area contributed by atoms with Gasteiger partial charge in [0.15, 0.2) is 0 Å². The van der Waals surface area contributed by atoms with Crippen LogP contribution in [0.3, 0.4) is 0 Å². The fourth-order valence-electron chi connectivity index (χ4n) is 3.18. The number of para-hydroxylation sites is 1. The summed E-state index contributed by atoms with van der Waals surface area (Å²) in [7, 11) is 0. The number of ether oxygens (including phenoxy) is 1. The fourth-order valence-corrected chi connectivity index (χ4v) is 3.18. The number of rotatable bonds is 6. The molecule has 0 aliphatic carbocycles. The van der Waals surface area contributed by atoms with E-state index in [1.807, 2.05) is 65.4 Å². The van der Waals surface area contributed by atoms with Crippen molar-refractivity contribution >= 4 is 11.8 Å². The molecule has 29 heavy (non-hydrogen) atoms. The molecule has 0 saturated carbocycles. The summed E-state index contributed by atoms with van der Waals surface area (Å²) in [5, 5.41) is 0. The molecule has 3 aromatic carbocycles. The predicted molar refractivity (Wildman–Crippen MR) is 111 cm³/mol. The van der Waals surface area contributed by atoms with Crippen molar-refractivity contribution in [2.75, 3.05) is 0 Å². The SMILES string of the molecule is O=C(OCc1ccccc1-n1cccc1C(=O)c1ccccc1)c1ccccc1. The minimum atomic E-state index is -0.381. The zero-order chi connectivity index (χ0) is 20.1. The van der Waals surface area contributed by atoms with Gasteiger partial charge in [0.1, 0.15) is 6.61 Å². The number of carbonyl (C=O) groups excluding carboxylic acids is 2. The van der Waals surface area contributed by atoms with Gasteiger partial charge in [0, 0.05) is 17.3 Å². The van der Waals surface area contributed by atoms with Crippen molar-refractivity contribution in [3.63, 3.8) is 0 Å². The number of nitrogens with zero attached hydrogens (tertiary/aromatic N) is 1. The molecular weight excluding hydrogens is 362 g/mol. The van der Waals surface area contributed by atoms with Crippen LogP contribution in [0, 0.1) is 0 Å². The van der Waals surface area contributed by atoms with Crippen LogP contribution in [0.2, 0.25) is 0 Å². The molecule has 0 aliphatic rings. The van der Waals surface area contributed by atoms with E-state index in [0.717, 1.165) is 11.3 Å². The Morgan fingerprint density at radius 1 is 0.690 bits per heavy atom. The first-order valence-corrected chi connectivity index (χ1v) is 9.31. The maximum atomic E-state index is 13.0. The molecule has 4 aromatic rings. The zero-order valence-corrected chi connectivity index (χ0v) is 15.7. The number of aromatic nitrogens is 1. The first kappa shape index (κ1) is 18.4. The van der Waals surface area contributed by atoms with Crippen LogP contribution < -0.4 is 0 Å². The van der Waals surface area contributed by atoms with Gasteiger partial charge in [0.25, 0.3) is 0 Å². The van der Waals surface area contributed by atoms with Gasteiger partial charge < -0.3 is 9.30 Å². The molecule has 0 spiro atoms. The normalized spacial score (nSPS) is 10.5. The van der Waals surface area contributed by atoms with Crippen molar-refractivity contribution in [2.45, 2.75) is 6.61 Å². The average molecular weight is 381 g/mol. The van der Waals surface area contributed by atoms with Gasteiger partial charge in [-0.1, -0.05) is 66.7 Å². The van der Waals surface area contributed by atoms with Crippen molar-refractivity contribution in [1.29, 1.82) is 0 Å². The summed E-state index contributed by atoms with van der Waals surface area (Å²) >= 11 is 0. The number of ketones is 1. The van der Waals surface area contributed by atoms with Gasteiger partial charge in [-0.15, -0.1) is 0 Å². The highest BCUT2D eigenvalue weighted by molar-refractivity contribution is 6.08. The molecule has 4 heteroatoms. The predicted octanol–water partition coefficient (Wildman–Crippen LogP) is 5.07. The summed E-state index contributed by atoms with van der Waals surface area (Å²) in [4.78, 5) is 25.3. The van der Waals surface area contributed by atoms with Crippen LogP contribution >= 0.6 is 0 Å². The Balaban J connectivity index is 1.61. The Hall–Kier alpha value is -3.92. The summed E-state index contributed by atoms with van der Waals surface area (Å²) in [6, 6.07) is 29.3. The van der Waals surface area contributed by atoms with Crippen molar-refractivity contribution < 1.29 is 14.3 Å². The van der Waals surface area contributed by atoms with Crippen molar-refractivity contribution in [2.24, 2.45) is 0 Å². The highest BCUT2D eigenvalue weighted by atomic mass is 16.5. The van der Waals surface area contributed by atoms with E-state index in [-0.39, 0.29) is 18.4 Å². The van der Waals surface area contributed by atoms with Crippen LogP contribution in [0.15, 0.2) is 103 Å². The molecule has 0 fully saturated rings. The molecule has 0 atom stereocenters. The molecule has 4 rings (SSSR count). The van der Waals surface area contributed by atoms with Gasteiger partial charge in [-0.05, 0) is 30.3 Å². The second kappa shape index (κ2) is 8.40. The van der Waals surface area contributed by atoms with E-state index in [9.17, 15) is 9.59 Å². The Morgan fingerprint density at radius 3 is 2.03 bits per heavy atom. The Morgan fingerprint density at radius 2 is 1.31 bits per heavy atom. The van der Waals surface area contributed by atoms with Crippen molar-refractivity contribution in [3.05, 3.63) is 126 Å². The maximum Gasteiger partial charge on any atom is 0.338 e. The summed E-state index contributed by atoms with van der Waals surface area (Å²) < 4.78 is 7.33. The smallest absolute Gasteiger partial charge is 0.338 e. The van der Waals surface area contributed by atoms with E-state index < -0.39 is 0 Å². The lowest BCUT2D eigenvalue weighted by atomic mass is 10.1. The van der Waals surface area contributed by atoms with E-state index in [1.165, 1.54) is 0 Å². The number of hydrogen-bond donors (Lipinski definition) is 0. The highest BCUT2D eigenvalue weighted by Gasteiger charge is 2.16. The lowest BCUT2D eigenvalue weighted by Gasteiger charge is -2.14. The van der Waals surface area contributed by atoms with Gasteiger partial charge in [-0.3, -0.25) is 4.79 Å². The van der Waals surface area contributed by atoms with Crippen LogP contribution in [-0.2, 0) is 11.3 Å². The summed E-state index contributed by atoms with van der Waals surface area (Å²) in [5.74, 6) is -0.444. The minimum Gasteiger partial charge on any atom is -0.457 e.